The normalized spacial score (nSPS) is 18.4. The third-order valence-corrected chi connectivity index (χ3v) is 9.49. The fourth-order valence-electron chi connectivity index (χ4n) is 4.72. The summed E-state index contributed by atoms with van der Waals surface area (Å²) in [5.74, 6) is 0. The Labute approximate surface area is 257 Å². The minimum absolute atomic E-state index is 0.00182. The van der Waals surface area contributed by atoms with Crippen LogP contribution in [-0.4, -0.2) is 55.2 Å². The minimum atomic E-state index is -3.96. The molecule has 0 bridgehead atoms. The van der Waals surface area contributed by atoms with Crippen molar-refractivity contribution in [2.45, 2.75) is 89.0 Å². The molecule has 1 aliphatic heterocycles. The van der Waals surface area contributed by atoms with Crippen LogP contribution in [0.25, 0.3) is 10.4 Å². The Morgan fingerprint density at radius 3 is 2.56 bits per heavy atom. The minimum Gasteiger partial charge on any atom is -0.356 e. The van der Waals surface area contributed by atoms with Gasteiger partial charge in [-0.05, 0) is 65.2 Å². The molecule has 1 saturated heterocycles. The van der Waals surface area contributed by atoms with Crippen molar-refractivity contribution >= 4 is 33.1 Å². The second-order valence-electron chi connectivity index (χ2n) is 11.9. The number of aliphatic hydroxyl groups is 1. The fraction of sp³-hybridized carbons (Fsp3) is 0.467. The predicted octanol–water partition coefficient (Wildman–Crippen LogP) is 4.29. The number of aliphatic hydroxyl groups excluding tert-OH is 1. The number of thiazole rings is 1. The number of hydrogen-bond donors (Lipinski definition) is 6. The Balaban J connectivity index is 1.50. The van der Waals surface area contributed by atoms with Crippen molar-refractivity contribution in [3.63, 3.8) is 0 Å². The monoisotopic (exact) mass is 630 g/mol. The maximum atomic E-state index is 13.6. The van der Waals surface area contributed by atoms with E-state index in [-0.39, 0.29) is 23.1 Å². The number of piperidine rings is 1. The van der Waals surface area contributed by atoms with E-state index in [2.05, 4.69) is 31.0 Å². The van der Waals surface area contributed by atoms with Crippen LogP contribution in [0.4, 0.5) is 10.5 Å². The largest absolute Gasteiger partial charge is 0.356 e. The first-order valence-corrected chi connectivity index (χ1v) is 16.6. The smallest absolute Gasteiger partial charge is 0.319 e. The van der Waals surface area contributed by atoms with Gasteiger partial charge in [-0.15, -0.1) is 11.3 Å². The van der Waals surface area contributed by atoms with Crippen molar-refractivity contribution in [1.82, 2.24) is 25.7 Å². The summed E-state index contributed by atoms with van der Waals surface area (Å²) in [5, 5.41) is 23.0. The molecule has 2 heterocycles. The van der Waals surface area contributed by atoms with E-state index in [0.717, 1.165) is 23.4 Å². The van der Waals surface area contributed by atoms with E-state index in [1.165, 1.54) is 17.4 Å². The number of nitrogens with zero attached hydrogens (tertiary/aromatic N) is 1. The third-order valence-electron chi connectivity index (χ3n) is 6.55. The van der Waals surface area contributed by atoms with Gasteiger partial charge in [-0.25, -0.2) is 22.9 Å². The van der Waals surface area contributed by atoms with Crippen LogP contribution >= 0.6 is 11.3 Å². The average molecular weight is 631 g/mol. The topological polar surface area (TPSA) is 154 Å². The lowest BCUT2D eigenvalue weighted by molar-refractivity contribution is -0.150. The summed E-state index contributed by atoms with van der Waals surface area (Å²) in [6.07, 6.45) is 2.18. The van der Waals surface area contributed by atoms with Gasteiger partial charge in [0.1, 0.15) is 5.01 Å². The number of carbonyl (C=O) groups is 1. The number of aromatic nitrogens is 1. The lowest BCUT2D eigenvalue weighted by Gasteiger charge is -2.31. The van der Waals surface area contributed by atoms with Crippen LogP contribution in [-0.2, 0) is 21.3 Å². The molecule has 0 aliphatic carbocycles. The first kappa shape index (κ1) is 33.0. The zero-order valence-electron chi connectivity index (χ0n) is 25.2. The number of amides is 2. The highest BCUT2D eigenvalue weighted by Crippen LogP contribution is 2.37. The average Bonchev–Trinajstić information content (AvgIpc) is 3.41. The number of urea groups is 1. The Hall–Kier alpha value is -2.91. The van der Waals surface area contributed by atoms with E-state index in [9.17, 15) is 18.3 Å². The molecule has 11 nitrogen and oxygen atoms in total. The molecule has 43 heavy (non-hydrogen) atoms. The van der Waals surface area contributed by atoms with Crippen LogP contribution in [0.5, 0.6) is 0 Å². The third kappa shape index (κ3) is 9.80. The Morgan fingerprint density at radius 2 is 1.91 bits per heavy atom. The highest BCUT2D eigenvalue weighted by molar-refractivity contribution is 7.89. The lowest BCUT2D eigenvalue weighted by Crippen LogP contribution is -2.49. The van der Waals surface area contributed by atoms with Crippen molar-refractivity contribution in [2.75, 3.05) is 11.9 Å². The van der Waals surface area contributed by atoms with Gasteiger partial charge in [-0.2, -0.15) is 0 Å². The number of carbonyl (C=O) groups excluding carboxylic acids is 1. The van der Waals surface area contributed by atoms with Crippen molar-refractivity contribution in [2.24, 2.45) is 0 Å². The summed E-state index contributed by atoms with van der Waals surface area (Å²) in [5.41, 5.74) is 1.09. The summed E-state index contributed by atoms with van der Waals surface area (Å²) < 4.78 is 35.3. The van der Waals surface area contributed by atoms with Gasteiger partial charge in [-0.1, -0.05) is 36.4 Å². The molecule has 1 aliphatic rings. The van der Waals surface area contributed by atoms with Crippen LogP contribution in [0.3, 0.4) is 0 Å². The molecule has 6 N–H and O–H groups in total. The van der Waals surface area contributed by atoms with Crippen molar-refractivity contribution in [3.8, 4) is 10.4 Å². The zero-order chi connectivity index (χ0) is 31.2. The number of anilines is 1. The second-order valence-corrected chi connectivity index (χ2v) is 14.6. The van der Waals surface area contributed by atoms with Gasteiger partial charge in [0.25, 0.3) is 0 Å². The molecular formula is C30H42N6O5S2. The summed E-state index contributed by atoms with van der Waals surface area (Å²) in [7, 11) is -3.96. The molecule has 0 saturated carbocycles. The maximum absolute atomic E-state index is 13.6. The first-order valence-electron chi connectivity index (χ1n) is 14.3. The fourth-order valence-corrected chi connectivity index (χ4v) is 7.52. The number of benzene rings is 2. The summed E-state index contributed by atoms with van der Waals surface area (Å²) >= 11 is 1.43. The van der Waals surface area contributed by atoms with Crippen molar-refractivity contribution in [1.29, 1.82) is 0 Å². The van der Waals surface area contributed by atoms with E-state index < -0.39 is 28.0 Å². The predicted molar refractivity (Wildman–Crippen MR) is 169 cm³/mol. The summed E-state index contributed by atoms with van der Waals surface area (Å²) in [6.45, 7) is 10.0. The van der Waals surface area contributed by atoms with Crippen molar-refractivity contribution in [3.05, 3.63) is 65.3 Å². The Kier molecular flexibility index (Phi) is 10.9. The van der Waals surface area contributed by atoms with Gasteiger partial charge in [-0.3, -0.25) is 5.32 Å². The van der Waals surface area contributed by atoms with Gasteiger partial charge >= 0.3 is 6.03 Å². The van der Waals surface area contributed by atoms with Crippen LogP contribution in [0, 0.1) is 0 Å². The number of nitrogens with one attached hydrogen (secondary N) is 5. The van der Waals surface area contributed by atoms with Crippen LogP contribution < -0.4 is 26.0 Å². The maximum Gasteiger partial charge on any atom is 0.319 e. The van der Waals surface area contributed by atoms with E-state index in [1.807, 2.05) is 44.2 Å². The molecule has 13 heteroatoms. The van der Waals surface area contributed by atoms with E-state index >= 15 is 0 Å². The summed E-state index contributed by atoms with van der Waals surface area (Å²) in [6, 6.07) is 14.0. The van der Waals surface area contributed by atoms with E-state index in [4.69, 9.17) is 4.74 Å². The first-order chi connectivity index (χ1) is 20.3. The number of ether oxygens (including phenoxy) is 1. The van der Waals surface area contributed by atoms with E-state index in [0.29, 0.717) is 29.2 Å². The molecule has 2 aromatic carbocycles. The van der Waals surface area contributed by atoms with Crippen LogP contribution in [0.1, 0.15) is 64.1 Å². The molecule has 0 spiro atoms. The quantitative estimate of drug-likeness (QED) is 0.172. The molecule has 0 radical (unpaired) electrons. The van der Waals surface area contributed by atoms with Crippen LogP contribution in [0.15, 0.2) is 59.6 Å². The molecule has 3 unspecified atom stereocenters. The molecule has 234 valence electrons. The molecule has 2 amide bonds. The Bertz CT molecular complexity index is 1470. The van der Waals surface area contributed by atoms with E-state index in [1.54, 1.807) is 39.1 Å². The second kappa shape index (κ2) is 14.2. The van der Waals surface area contributed by atoms with Gasteiger partial charge in [0.05, 0.1) is 21.9 Å². The molecule has 3 atom stereocenters. The highest BCUT2D eigenvalue weighted by Gasteiger charge is 2.29. The molecule has 1 fully saturated rings. The van der Waals surface area contributed by atoms with Gasteiger partial charge in [0.2, 0.25) is 16.4 Å². The van der Waals surface area contributed by atoms with Crippen molar-refractivity contribution < 1.29 is 23.1 Å². The van der Waals surface area contributed by atoms with Crippen LogP contribution in [0.2, 0.25) is 0 Å². The SMILES string of the molecule is CC(C)OC(O)NC1CCC(c2ncc(-c3ccc(NC(=O)NCc4ccccc4)cc3S(=O)(=O)NC(C)(C)C)s2)NC1. The summed E-state index contributed by atoms with van der Waals surface area (Å²) in [4.78, 5) is 18.0. The number of sulfonamides is 1. The van der Waals surface area contributed by atoms with Gasteiger partial charge in [0, 0.05) is 42.1 Å². The number of hydrogen-bond acceptors (Lipinski definition) is 9. The number of rotatable bonds is 11. The highest BCUT2D eigenvalue weighted by atomic mass is 32.2. The lowest BCUT2D eigenvalue weighted by atomic mass is 10.0. The standard InChI is InChI=1S/C30H42N6O5S2/c1-19(2)41-29(38)35-22-12-14-24(31-17-22)27-32-18-25(42-27)23-13-11-21(15-26(23)43(39,40)36-30(3,4)5)34-28(37)33-16-20-9-7-6-8-10-20/h6-11,13,15,18-19,22,24,29,31,35-36,38H,12,14,16-17H2,1-5H3,(H2,33,34,37). The molecule has 3 aromatic rings. The zero-order valence-corrected chi connectivity index (χ0v) is 26.8. The molecule has 4 rings (SSSR count). The molecule has 1 aromatic heterocycles. The Morgan fingerprint density at radius 1 is 1.16 bits per heavy atom. The molecular weight excluding hydrogens is 589 g/mol. The van der Waals surface area contributed by atoms with Gasteiger partial charge < -0.3 is 25.8 Å². The van der Waals surface area contributed by atoms with Gasteiger partial charge in [0.15, 0.2) is 0 Å².